The number of aryl methyl sites for hydroxylation is 1. The predicted octanol–water partition coefficient (Wildman–Crippen LogP) is 2.70. The molecular formula is C12H17NS. The Morgan fingerprint density at radius 3 is 3.07 bits per heavy atom. The van der Waals surface area contributed by atoms with Crippen LogP contribution in [0.25, 0.3) is 0 Å². The molecule has 0 spiro atoms. The van der Waals surface area contributed by atoms with Crippen LogP contribution in [0.4, 0.5) is 0 Å². The Morgan fingerprint density at radius 2 is 2.21 bits per heavy atom. The van der Waals surface area contributed by atoms with E-state index in [1.807, 2.05) is 11.3 Å². The molecule has 2 aliphatic rings. The number of hydrogen-bond donors (Lipinski definition) is 1. The quantitative estimate of drug-likeness (QED) is 0.746. The van der Waals surface area contributed by atoms with Gasteiger partial charge in [0.05, 0.1) is 0 Å². The van der Waals surface area contributed by atoms with Gasteiger partial charge in [-0.2, -0.15) is 0 Å². The molecule has 1 unspecified atom stereocenters. The van der Waals surface area contributed by atoms with Crippen LogP contribution >= 0.6 is 11.3 Å². The van der Waals surface area contributed by atoms with E-state index in [1.54, 1.807) is 16.0 Å². The molecular weight excluding hydrogens is 190 g/mol. The summed E-state index contributed by atoms with van der Waals surface area (Å²) in [7, 11) is 0. The number of thiophene rings is 1. The van der Waals surface area contributed by atoms with E-state index in [0.717, 1.165) is 5.92 Å². The Labute approximate surface area is 89.5 Å². The lowest BCUT2D eigenvalue weighted by molar-refractivity contribution is 0.674. The van der Waals surface area contributed by atoms with Crippen LogP contribution in [0.15, 0.2) is 5.38 Å². The van der Waals surface area contributed by atoms with E-state index >= 15 is 0 Å². The summed E-state index contributed by atoms with van der Waals surface area (Å²) in [6.07, 6.45) is 6.88. The third kappa shape index (κ3) is 1.41. The molecule has 1 atom stereocenters. The first kappa shape index (κ1) is 8.93. The first-order valence-corrected chi connectivity index (χ1v) is 6.63. The molecule has 1 saturated heterocycles. The van der Waals surface area contributed by atoms with E-state index in [4.69, 9.17) is 0 Å². The zero-order valence-electron chi connectivity index (χ0n) is 8.51. The topological polar surface area (TPSA) is 12.0 Å². The molecule has 1 N–H and O–H groups in total. The second-order valence-electron chi connectivity index (χ2n) is 4.49. The van der Waals surface area contributed by atoms with Gasteiger partial charge in [-0.05, 0) is 61.1 Å². The fraction of sp³-hybridized carbons (Fsp3) is 0.667. The summed E-state index contributed by atoms with van der Waals surface area (Å²) in [4.78, 5) is 1.69. The van der Waals surface area contributed by atoms with Crippen molar-refractivity contribution >= 4 is 11.3 Å². The number of nitrogens with one attached hydrogen (secondary N) is 1. The lowest BCUT2D eigenvalue weighted by Crippen LogP contribution is -2.09. The summed E-state index contributed by atoms with van der Waals surface area (Å²) in [5, 5.41) is 5.91. The van der Waals surface area contributed by atoms with E-state index in [9.17, 15) is 0 Å². The second kappa shape index (κ2) is 3.67. The molecule has 0 aromatic carbocycles. The molecule has 0 amide bonds. The predicted molar refractivity (Wildman–Crippen MR) is 61.2 cm³/mol. The SMILES string of the molecule is c1sc2c(c1C1CCNC1)CCCC2. The highest BCUT2D eigenvalue weighted by atomic mass is 32.1. The normalized spacial score (nSPS) is 26.4. The Balaban J connectivity index is 1.93. The van der Waals surface area contributed by atoms with Crippen LogP contribution in [0, 0.1) is 0 Å². The van der Waals surface area contributed by atoms with E-state index in [-0.39, 0.29) is 0 Å². The average molecular weight is 207 g/mol. The monoisotopic (exact) mass is 207 g/mol. The van der Waals surface area contributed by atoms with Gasteiger partial charge in [0.1, 0.15) is 0 Å². The molecule has 0 saturated carbocycles. The average Bonchev–Trinajstić information content (AvgIpc) is 2.85. The molecule has 1 aromatic rings. The molecule has 3 rings (SSSR count). The molecule has 2 heteroatoms. The Bertz CT molecular complexity index is 323. The third-order valence-electron chi connectivity index (χ3n) is 3.59. The van der Waals surface area contributed by atoms with Gasteiger partial charge < -0.3 is 5.32 Å². The number of fused-ring (bicyclic) bond motifs is 1. The molecule has 1 aromatic heterocycles. The van der Waals surface area contributed by atoms with Crippen molar-refractivity contribution in [3.63, 3.8) is 0 Å². The minimum absolute atomic E-state index is 0.827. The molecule has 2 heterocycles. The van der Waals surface area contributed by atoms with E-state index < -0.39 is 0 Å². The maximum absolute atomic E-state index is 3.47. The zero-order valence-corrected chi connectivity index (χ0v) is 9.33. The lowest BCUT2D eigenvalue weighted by Gasteiger charge is -2.15. The van der Waals surface area contributed by atoms with Crippen molar-refractivity contribution in [3.05, 3.63) is 21.4 Å². The van der Waals surface area contributed by atoms with Crippen molar-refractivity contribution in [3.8, 4) is 0 Å². The van der Waals surface area contributed by atoms with Crippen molar-refractivity contribution < 1.29 is 0 Å². The molecule has 76 valence electrons. The minimum atomic E-state index is 0.827. The highest BCUT2D eigenvalue weighted by molar-refractivity contribution is 7.10. The Morgan fingerprint density at radius 1 is 1.29 bits per heavy atom. The van der Waals surface area contributed by atoms with Crippen molar-refractivity contribution in [2.45, 2.75) is 38.0 Å². The Kier molecular flexibility index (Phi) is 2.34. The van der Waals surface area contributed by atoms with Crippen LogP contribution in [0.5, 0.6) is 0 Å². The number of rotatable bonds is 1. The standard InChI is InChI=1S/C12H17NS/c1-2-4-12-10(3-1)11(8-14-12)9-5-6-13-7-9/h8-9,13H,1-7H2. The summed E-state index contributed by atoms with van der Waals surface area (Å²) in [6.45, 7) is 2.43. The van der Waals surface area contributed by atoms with Crippen molar-refractivity contribution in [1.29, 1.82) is 0 Å². The van der Waals surface area contributed by atoms with Gasteiger partial charge >= 0.3 is 0 Å². The van der Waals surface area contributed by atoms with E-state index in [2.05, 4.69) is 10.7 Å². The highest BCUT2D eigenvalue weighted by Gasteiger charge is 2.23. The molecule has 1 aliphatic carbocycles. The van der Waals surface area contributed by atoms with Gasteiger partial charge in [0.15, 0.2) is 0 Å². The van der Waals surface area contributed by atoms with Crippen molar-refractivity contribution in [2.24, 2.45) is 0 Å². The second-order valence-corrected chi connectivity index (χ2v) is 5.45. The molecule has 1 aliphatic heterocycles. The molecule has 1 nitrogen and oxygen atoms in total. The summed E-state index contributed by atoms with van der Waals surface area (Å²) in [5.41, 5.74) is 3.42. The van der Waals surface area contributed by atoms with Crippen LogP contribution in [0.2, 0.25) is 0 Å². The van der Waals surface area contributed by atoms with Crippen molar-refractivity contribution in [2.75, 3.05) is 13.1 Å². The Hall–Kier alpha value is -0.340. The zero-order chi connectivity index (χ0) is 9.38. The summed E-state index contributed by atoms with van der Waals surface area (Å²) >= 11 is 2.01. The van der Waals surface area contributed by atoms with Crippen LogP contribution < -0.4 is 5.32 Å². The van der Waals surface area contributed by atoms with Gasteiger partial charge in [-0.1, -0.05) is 0 Å². The molecule has 14 heavy (non-hydrogen) atoms. The van der Waals surface area contributed by atoms with Gasteiger partial charge in [0.2, 0.25) is 0 Å². The van der Waals surface area contributed by atoms with E-state index in [0.29, 0.717) is 0 Å². The molecule has 1 fully saturated rings. The van der Waals surface area contributed by atoms with Crippen molar-refractivity contribution in [1.82, 2.24) is 5.32 Å². The van der Waals surface area contributed by atoms with Crippen LogP contribution in [-0.2, 0) is 12.8 Å². The van der Waals surface area contributed by atoms with Gasteiger partial charge in [-0.25, -0.2) is 0 Å². The lowest BCUT2D eigenvalue weighted by atomic mass is 9.89. The summed E-state index contributed by atoms with van der Waals surface area (Å²) in [5.74, 6) is 0.827. The maximum atomic E-state index is 3.47. The van der Waals surface area contributed by atoms with Gasteiger partial charge in [0, 0.05) is 11.4 Å². The van der Waals surface area contributed by atoms with E-state index in [1.165, 1.54) is 45.2 Å². The van der Waals surface area contributed by atoms with Crippen LogP contribution in [-0.4, -0.2) is 13.1 Å². The molecule has 0 bridgehead atoms. The highest BCUT2D eigenvalue weighted by Crippen LogP contribution is 2.36. The summed E-state index contributed by atoms with van der Waals surface area (Å²) < 4.78 is 0. The largest absolute Gasteiger partial charge is 0.316 e. The first-order chi connectivity index (χ1) is 6.95. The van der Waals surface area contributed by atoms with Gasteiger partial charge in [0.25, 0.3) is 0 Å². The maximum Gasteiger partial charge on any atom is 0.00801 e. The third-order valence-corrected chi connectivity index (χ3v) is 4.70. The van der Waals surface area contributed by atoms with Crippen LogP contribution in [0.1, 0.15) is 41.2 Å². The number of hydrogen-bond acceptors (Lipinski definition) is 2. The molecule has 0 radical (unpaired) electrons. The smallest absolute Gasteiger partial charge is 0.00801 e. The summed E-state index contributed by atoms with van der Waals surface area (Å²) in [6, 6.07) is 0. The first-order valence-electron chi connectivity index (χ1n) is 5.75. The fourth-order valence-electron chi connectivity index (χ4n) is 2.78. The minimum Gasteiger partial charge on any atom is -0.316 e. The fourth-order valence-corrected chi connectivity index (χ4v) is 4.01. The van der Waals surface area contributed by atoms with Gasteiger partial charge in [-0.3, -0.25) is 0 Å². The van der Waals surface area contributed by atoms with Gasteiger partial charge in [-0.15, -0.1) is 11.3 Å². The van der Waals surface area contributed by atoms with Crippen LogP contribution in [0.3, 0.4) is 0 Å².